The molecular weight excluding hydrogens is 546 g/mol. The Morgan fingerprint density at radius 2 is 1.83 bits per heavy atom. The highest BCUT2D eigenvalue weighted by atomic mass is 19.4. The number of carbonyl (C=O) groups is 1. The van der Waals surface area contributed by atoms with Crippen molar-refractivity contribution in [1.29, 1.82) is 0 Å². The number of hydrogen-bond acceptors (Lipinski definition) is 7. The smallest absolute Gasteiger partial charge is 0.383 e. The number of nitrogens with one attached hydrogen (secondary N) is 2. The van der Waals surface area contributed by atoms with Gasteiger partial charge in [0.05, 0.1) is 30.0 Å². The van der Waals surface area contributed by atoms with Crippen molar-refractivity contribution in [1.82, 2.24) is 19.5 Å². The van der Waals surface area contributed by atoms with Gasteiger partial charge < -0.3 is 25.8 Å². The first-order valence-electron chi connectivity index (χ1n) is 12.4. The quantitative estimate of drug-likeness (QED) is 0.228. The van der Waals surface area contributed by atoms with E-state index in [1.54, 1.807) is 44.8 Å². The standard InChI is InChI=1S/C27H29F4N7O3/c1-37(10-11-40-2)13-22-19(14-41-3)23(24-25(32)36-33-15-38(22)24)16-4-7-18(8-5-16)34-26(39)35-21-12-17(27(29,30)31)6-9-20(21)28/h4-9,12,15H,10-11,13-14H2,1-3H3,(H2,32,36)(H2,34,35,39). The van der Waals surface area contributed by atoms with E-state index in [4.69, 9.17) is 15.2 Å². The van der Waals surface area contributed by atoms with Crippen molar-refractivity contribution in [3.05, 3.63) is 71.4 Å². The summed E-state index contributed by atoms with van der Waals surface area (Å²) >= 11 is 0. The molecule has 0 saturated heterocycles. The van der Waals surface area contributed by atoms with Crippen LogP contribution in [-0.4, -0.2) is 59.9 Å². The lowest BCUT2D eigenvalue weighted by atomic mass is 10.0. The monoisotopic (exact) mass is 575 g/mol. The molecule has 4 N–H and O–H groups in total. The highest BCUT2D eigenvalue weighted by molar-refractivity contribution is 6.00. The van der Waals surface area contributed by atoms with Crippen molar-refractivity contribution >= 4 is 28.7 Å². The minimum absolute atomic E-state index is 0.218. The number of carbonyl (C=O) groups excluding carboxylic acids is 1. The predicted octanol–water partition coefficient (Wildman–Crippen LogP) is 5.01. The number of aromatic nitrogens is 3. The molecule has 0 fully saturated rings. The van der Waals surface area contributed by atoms with Crippen molar-refractivity contribution < 1.29 is 31.8 Å². The number of ether oxygens (including phenoxy) is 2. The molecule has 4 aromatic rings. The van der Waals surface area contributed by atoms with Crippen LogP contribution in [0.4, 0.5) is 39.5 Å². The summed E-state index contributed by atoms with van der Waals surface area (Å²) in [5.41, 5.74) is 8.84. The lowest BCUT2D eigenvalue weighted by Gasteiger charge is -2.17. The maximum absolute atomic E-state index is 14.0. The first-order valence-corrected chi connectivity index (χ1v) is 12.4. The number of nitrogens with two attached hydrogens (primary N) is 1. The number of hydrogen-bond donors (Lipinski definition) is 3. The molecule has 0 unspecified atom stereocenters. The predicted molar refractivity (Wildman–Crippen MR) is 146 cm³/mol. The highest BCUT2D eigenvalue weighted by Crippen LogP contribution is 2.37. The highest BCUT2D eigenvalue weighted by Gasteiger charge is 2.31. The van der Waals surface area contributed by atoms with Gasteiger partial charge in [-0.25, -0.2) is 9.18 Å². The molecule has 0 spiro atoms. The zero-order valence-corrected chi connectivity index (χ0v) is 22.6. The summed E-state index contributed by atoms with van der Waals surface area (Å²) in [6.45, 7) is 2.05. The molecule has 2 amide bonds. The number of amides is 2. The Morgan fingerprint density at radius 1 is 1.10 bits per heavy atom. The summed E-state index contributed by atoms with van der Waals surface area (Å²) in [5, 5.41) is 12.7. The second kappa shape index (κ2) is 12.5. The normalized spacial score (nSPS) is 11.8. The van der Waals surface area contributed by atoms with Crippen LogP contribution in [-0.2, 0) is 28.8 Å². The zero-order valence-electron chi connectivity index (χ0n) is 22.6. The zero-order chi connectivity index (χ0) is 29.7. The van der Waals surface area contributed by atoms with Crippen LogP contribution in [0.5, 0.6) is 0 Å². The molecule has 218 valence electrons. The third-order valence-corrected chi connectivity index (χ3v) is 6.35. The topological polar surface area (TPSA) is 119 Å². The second-order valence-corrected chi connectivity index (χ2v) is 9.25. The number of benzene rings is 2. The van der Waals surface area contributed by atoms with Crippen LogP contribution < -0.4 is 16.4 Å². The van der Waals surface area contributed by atoms with E-state index in [1.807, 2.05) is 11.4 Å². The van der Waals surface area contributed by atoms with E-state index in [0.29, 0.717) is 49.1 Å². The number of rotatable bonds is 10. The van der Waals surface area contributed by atoms with Gasteiger partial charge in [0.25, 0.3) is 0 Å². The number of likely N-dealkylation sites (N-methyl/N-ethyl adjacent to an activating group) is 1. The number of urea groups is 1. The molecule has 2 aromatic heterocycles. The summed E-state index contributed by atoms with van der Waals surface area (Å²) in [5.74, 6) is -0.783. The van der Waals surface area contributed by atoms with Gasteiger partial charge >= 0.3 is 12.2 Å². The van der Waals surface area contributed by atoms with Gasteiger partial charge in [0.2, 0.25) is 0 Å². The molecule has 0 aliphatic heterocycles. The van der Waals surface area contributed by atoms with Crippen molar-refractivity contribution in [2.45, 2.75) is 19.3 Å². The summed E-state index contributed by atoms with van der Waals surface area (Å²) < 4.78 is 65.6. The van der Waals surface area contributed by atoms with Crippen LogP contribution in [0.2, 0.25) is 0 Å². The van der Waals surface area contributed by atoms with E-state index in [1.165, 1.54) is 0 Å². The molecule has 2 heterocycles. The van der Waals surface area contributed by atoms with Gasteiger partial charge in [-0.05, 0) is 42.9 Å². The molecular formula is C27H29F4N7O3. The number of nitrogen functional groups attached to an aromatic ring is 1. The number of anilines is 3. The fraction of sp³-hybridized carbons (Fsp3) is 0.296. The minimum Gasteiger partial charge on any atom is -0.383 e. The van der Waals surface area contributed by atoms with Crippen LogP contribution in [0, 0.1) is 5.82 Å². The van der Waals surface area contributed by atoms with Gasteiger partial charge in [-0.2, -0.15) is 13.2 Å². The summed E-state index contributed by atoms with van der Waals surface area (Å²) in [7, 11) is 5.18. The van der Waals surface area contributed by atoms with Crippen LogP contribution in [0.3, 0.4) is 0 Å². The van der Waals surface area contributed by atoms with Gasteiger partial charge in [0, 0.05) is 49.8 Å². The third-order valence-electron chi connectivity index (χ3n) is 6.35. The fourth-order valence-corrected chi connectivity index (χ4v) is 4.42. The number of fused-ring (bicyclic) bond motifs is 1. The van der Waals surface area contributed by atoms with Gasteiger partial charge in [-0.15, -0.1) is 10.2 Å². The summed E-state index contributed by atoms with van der Waals surface area (Å²) in [4.78, 5) is 14.5. The fourth-order valence-electron chi connectivity index (χ4n) is 4.42. The maximum atomic E-state index is 14.0. The third kappa shape index (κ3) is 6.73. The Hall–Kier alpha value is -4.27. The van der Waals surface area contributed by atoms with E-state index >= 15 is 0 Å². The lowest BCUT2D eigenvalue weighted by Crippen LogP contribution is -2.23. The summed E-state index contributed by atoms with van der Waals surface area (Å²) in [6.07, 6.45) is -3.10. The van der Waals surface area contributed by atoms with Crippen molar-refractivity contribution in [3.63, 3.8) is 0 Å². The molecule has 0 bridgehead atoms. The van der Waals surface area contributed by atoms with Gasteiger partial charge in [0.1, 0.15) is 12.1 Å². The van der Waals surface area contributed by atoms with Crippen LogP contribution in [0.1, 0.15) is 16.8 Å². The number of methoxy groups -OCH3 is 2. The van der Waals surface area contributed by atoms with Crippen LogP contribution in [0.25, 0.3) is 16.6 Å². The van der Waals surface area contributed by atoms with Crippen molar-refractivity contribution in [2.75, 3.05) is 50.8 Å². The van der Waals surface area contributed by atoms with Gasteiger partial charge in [-0.3, -0.25) is 9.30 Å². The van der Waals surface area contributed by atoms with E-state index in [0.717, 1.165) is 22.4 Å². The molecule has 14 heteroatoms. The Bertz CT molecular complexity index is 1520. The van der Waals surface area contributed by atoms with Crippen molar-refractivity contribution in [2.24, 2.45) is 0 Å². The van der Waals surface area contributed by atoms with E-state index in [-0.39, 0.29) is 12.4 Å². The Labute approximate surface area is 233 Å². The Kier molecular flexibility index (Phi) is 9.05. The number of halogens is 4. The first kappa shape index (κ1) is 29.7. The Balaban J connectivity index is 1.62. The average molecular weight is 576 g/mol. The molecule has 0 radical (unpaired) electrons. The number of alkyl halides is 3. The second-order valence-electron chi connectivity index (χ2n) is 9.25. The molecule has 0 aliphatic rings. The first-order chi connectivity index (χ1) is 19.5. The summed E-state index contributed by atoms with van der Waals surface area (Å²) in [6, 6.07) is 7.56. The van der Waals surface area contributed by atoms with Gasteiger partial charge in [0.15, 0.2) is 5.82 Å². The van der Waals surface area contributed by atoms with Crippen LogP contribution >= 0.6 is 0 Å². The minimum atomic E-state index is -4.68. The molecule has 0 aliphatic carbocycles. The maximum Gasteiger partial charge on any atom is 0.416 e. The molecule has 0 atom stereocenters. The largest absolute Gasteiger partial charge is 0.416 e. The molecule has 4 rings (SSSR count). The average Bonchev–Trinajstić information content (AvgIpc) is 3.22. The van der Waals surface area contributed by atoms with E-state index in [2.05, 4.69) is 25.7 Å². The van der Waals surface area contributed by atoms with Gasteiger partial charge in [-0.1, -0.05) is 12.1 Å². The van der Waals surface area contributed by atoms with Crippen LogP contribution in [0.15, 0.2) is 48.8 Å². The molecule has 10 nitrogen and oxygen atoms in total. The Morgan fingerprint density at radius 3 is 2.49 bits per heavy atom. The lowest BCUT2D eigenvalue weighted by molar-refractivity contribution is -0.137. The molecule has 0 saturated carbocycles. The molecule has 2 aromatic carbocycles. The van der Waals surface area contributed by atoms with E-state index in [9.17, 15) is 22.4 Å². The molecule has 41 heavy (non-hydrogen) atoms. The van der Waals surface area contributed by atoms with E-state index < -0.39 is 29.3 Å². The van der Waals surface area contributed by atoms with Crippen molar-refractivity contribution in [3.8, 4) is 11.1 Å². The SMILES string of the molecule is COCCN(C)Cc1c(COC)c(-c2ccc(NC(=O)Nc3cc(C(F)(F)F)ccc3F)cc2)c2c(N)nncn12. The number of nitrogens with zero attached hydrogens (tertiary/aromatic N) is 4.